The van der Waals surface area contributed by atoms with Crippen molar-refractivity contribution in [2.45, 2.75) is 66.6 Å². The summed E-state index contributed by atoms with van der Waals surface area (Å²) < 4.78 is 151. The molecule has 0 amide bonds. The number of hydrogen-bond acceptors (Lipinski definition) is 0. The first-order chi connectivity index (χ1) is 22.1. The van der Waals surface area contributed by atoms with Gasteiger partial charge in [-0.2, -0.15) is 0 Å². The quantitative estimate of drug-likeness (QED) is 0.0563. The maximum Gasteiger partial charge on any atom is 0.226 e. The van der Waals surface area contributed by atoms with Crippen LogP contribution in [0.25, 0.3) is 0 Å². The second-order valence-corrected chi connectivity index (χ2v) is 21.1. The molecule has 256 valence electrons. The van der Waals surface area contributed by atoms with Crippen molar-refractivity contribution < 1.29 is 43.9 Å². The molecule has 1 unspecified atom stereocenters. The van der Waals surface area contributed by atoms with Crippen LogP contribution in [0.1, 0.15) is 33.4 Å². The van der Waals surface area contributed by atoms with Crippen molar-refractivity contribution in [3.8, 4) is 0 Å². The molecule has 0 radical (unpaired) electrons. The topological polar surface area (TPSA) is 0 Å². The second-order valence-electron chi connectivity index (χ2n) is 13.5. The number of rotatable bonds is 8. The molecule has 0 aliphatic rings. The van der Waals surface area contributed by atoms with E-state index in [-0.39, 0.29) is 6.16 Å². The van der Waals surface area contributed by atoms with E-state index in [0.717, 1.165) is 44.0 Å². The van der Waals surface area contributed by atoms with Crippen LogP contribution in [0.5, 0.6) is 0 Å². The summed E-state index contributed by atoms with van der Waals surface area (Å²) in [5, 5.41) is 1.64. The third-order valence-electron chi connectivity index (χ3n) is 8.81. The molecule has 0 aromatic heterocycles. The van der Waals surface area contributed by atoms with Crippen molar-refractivity contribution >= 4 is 44.2 Å². The van der Waals surface area contributed by atoms with Gasteiger partial charge in [0.15, 0.2) is 58.2 Å². The molecule has 0 nitrogen and oxygen atoms in total. The number of halogens is 10. The lowest BCUT2D eigenvalue weighted by Gasteiger charge is -2.39. The Hall–Kier alpha value is -3.11. The summed E-state index contributed by atoms with van der Waals surface area (Å²) in [4.78, 5) is 0. The minimum atomic E-state index is -3.15. The second kappa shape index (κ2) is 13.7. The molecule has 4 aromatic rings. The summed E-state index contributed by atoms with van der Waals surface area (Å²) in [6.07, 6.45) is -0.135. The molecule has 0 bridgehead atoms. The third kappa shape index (κ3) is 6.59. The summed E-state index contributed by atoms with van der Waals surface area (Å²) in [6.45, 7) is 13.7. The smallest absolute Gasteiger partial charge is 0.204 e. The van der Waals surface area contributed by atoms with Crippen LogP contribution in [0.3, 0.4) is 0 Å². The molecule has 0 aliphatic carbocycles. The van der Waals surface area contributed by atoms with Gasteiger partial charge in [0.05, 0.1) is 0 Å². The van der Waals surface area contributed by atoms with E-state index in [1.165, 1.54) is 0 Å². The SMILES string of the molecule is Cc1cc(C)c(P(CC(B(c2c(F)c(F)c(F)c(F)c2F)c2c(F)c(F)c(F)c(F)c2F)[Si](C)(C)C)c2c(C)cc(C)cc2C)c(C)c1. The van der Waals surface area contributed by atoms with Gasteiger partial charge in [-0.15, -0.1) is 0 Å². The molecular formula is C35H34BF10PSi. The molecule has 0 aliphatic heterocycles. The highest BCUT2D eigenvalue weighted by Gasteiger charge is 2.48. The maximum absolute atomic E-state index is 15.8. The Morgan fingerprint density at radius 1 is 0.479 bits per heavy atom. The van der Waals surface area contributed by atoms with E-state index in [2.05, 4.69) is 0 Å². The summed E-state index contributed by atoms with van der Waals surface area (Å²) in [5.74, 6) is -24.3. The molecule has 13 heteroatoms. The van der Waals surface area contributed by atoms with Gasteiger partial charge in [-0.05, 0) is 88.5 Å². The van der Waals surface area contributed by atoms with Gasteiger partial charge in [0.1, 0.15) is 0 Å². The lowest BCUT2D eigenvalue weighted by Crippen LogP contribution is -2.59. The van der Waals surface area contributed by atoms with E-state index < -0.39 is 97.2 Å². The first kappa shape index (κ1) is 37.7. The summed E-state index contributed by atoms with van der Waals surface area (Å²) in [6, 6.07) is 7.69. The van der Waals surface area contributed by atoms with Crippen LogP contribution >= 0.6 is 7.92 Å². The molecule has 4 rings (SSSR count). The largest absolute Gasteiger partial charge is 0.226 e. The zero-order valence-corrected chi connectivity index (χ0v) is 29.8. The number of benzene rings is 4. The van der Waals surface area contributed by atoms with E-state index in [1.54, 1.807) is 19.6 Å². The lowest BCUT2D eigenvalue weighted by atomic mass is 9.37. The normalized spacial score (nSPS) is 12.7. The van der Waals surface area contributed by atoms with Crippen molar-refractivity contribution in [2.75, 3.05) is 6.16 Å². The van der Waals surface area contributed by atoms with Crippen molar-refractivity contribution in [1.82, 2.24) is 0 Å². The van der Waals surface area contributed by atoms with Crippen molar-refractivity contribution in [3.63, 3.8) is 0 Å². The summed E-state index contributed by atoms with van der Waals surface area (Å²) in [7, 11) is -4.79. The van der Waals surface area contributed by atoms with Gasteiger partial charge >= 0.3 is 0 Å². The molecule has 0 saturated heterocycles. The lowest BCUT2D eigenvalue weighted by molar-refractivity contribution is 0.382. The molecule has 0 spiro atoms. The fourth-order valence-corrected chi connectivity index (χ4v) is 14.1. The molecule has 4 aromatic carbocycles. The van der Waals surface area contributed by atoms with Gasteiger partial charge < -0.3 is 0 Å². The van der Waals surface area contributed by atoms with E-state index in [9.17, 15) is 26.3 Å². The van der Waals surface area contributed by atoms with Gasteiger partial charge in [0, 0.05) is 19.0 Å². The molecule has 0 saturated carbocycles. The fraction of sp³-hybridized carbons (Fsp3) is 0.314. The molecule has 48 heavy (non-hydrogen) atoms. The van der Waals surface area contributed by atoms with Crippen LogP contribution in [0.15, 0.2) is 24.3 Å². The highest BCUT2D eigenvalue weighted by molar-refractivity contribution is 7.73. The van der Waals surface area contributed by atoms with E-state index in [0.29, 0.717) is 0 Å². The Morgan fingerprint density at radius 3 is 0.979 bits per heavy atom. The van der Waals surface area contributed by atoms with E-state index >= 15 is 17.6 Å². The van der Waals surface area contributed by atoms with Crippen LogP contribution < -0.4 is 21.5 Å². The summed E-state index contributed by atoms with van der Waals surface area (Å²) in [5.41, 5.74) is 0.566. The minimum Gasteiger partial charge on any atom is -0.204 e. The zero-order valence-electron chi connectivity index (χ0n) is 27.9. The van der Waals surface area contributed by atoms with Crippen molar-refractivity contribution in [2.24, 2.45) is 0 Å². The van der Waals surface area contributed by atoms with Crippen molar-refractivity contribution in [1.29, 1.82) is 0 Å². The monoisotopic (exact) mass is 714 g/mol. The molecule has 0 N–H and O–H groups in total. The first-order valence-electron chi connectivity index (χ1n) is 15.1. The average Bonchev–Trinajstić information content (AvgIpc) is 2.97. The molecular weight excluding hydrogens is 680 g/mol. The Morgan fingerprint density at radius 2 is 0.729 bits per heavy atom. The molecule has 0 heterocycles. The van der Waals surface area contributed by atoms with Crippen LogP contribution in [-0.4, -0.2) is 20.9 Å². The Balaban J connectivity index is 2.21. The Kier molecular flexibility index (Phi) is 10.7. The number of hydrogen-bond donors (Lipinski definition) is 0. The van der Waals surface area contributed by atoms with E-state index in [4.69, 9.17) is 0 Å². The Labute approximate surface area is 276 Å². The predicted molar refractivity (Wildman–Crippen MR) is 177 cm³/mol. The average molecular weight is 715 g/mol. The van der Waals surface area contributed by atoms with Gasteiger partial charge in [0.25, 0.3) is 0 Å². The highest BCUT2D eigenvalue weighted by Crippen LogP contribution is 2.46. The predicted octanol–water partition coefficient (Wildman–Crippen LogP) is 8.92. The van der Waals surface area contributed by atoms with Gasteiger partial charge in [0.2, 0.25) is 6.71 Å². The standard InChI is InChI=1S/C35H34BF10PSi/c1-15-10-17(3)34(18(4)11-15)47(35-19(5)12-16(2)13-20(35)6)14-21(48(7,8)9)36(22-24(37)28(41)32(45)29(42)25(22)38)23-26(39)30(43)33(46)31(44)27(23)40/h10-13,21H,14H2,1-9H3. The first-order valence-corrected chi connectivity index (χ1v) is 20.2. The Bertz CT molecular complexity index is 1710. The molecule has 1 atom stereocenters. The van der Waals surface area contributed by atoms with Gasteiger partial charge in [-0.3, -0.25) is 0 Å². The summed E-state index contributed by atoms with van der Waals surface area (Å²) >= 11 is 0. The number of aryl methyl sites for hydroxylation is 6. The van der Waals surface area contributed by atoms with Crippen LogP contribution in [0.2, 0.25) is 25.1 Å². The van der Waals surface area contributed by atoms with Crippen LogP contribution in [0, 0.1) is 99.7 Å². The van der Waals surface area contributed by atoms with Gasteiger partial charge in [-0.25, -0.2) is 43.9 Å². The maximum atomic E-state index is 15.8. The van der Waals surface area contributed by atoms with Crippen molar-refractivity contribution in [3.05, 3.63) is 116 Å². The third-order valence-corrected chi connectivity index (χ3v) is 15.2. The fourth-order valence-electron chi connectivity index (χ4n) is 6.90. The highest BCUT2D eigenvalue weighted by atomic mass is 31.1. The zero-order chi connectivity index (χ0) is 36.3. The minimum absolute atomic E-state index is 0.135. The van der Waals surface area contributed by atoms with E-state index in [1.807, 2.05) is 65.8 Å². The van der Waals surface area contributed by atoms with Gasteiger partial charge in [-0.1, -0.05) is 60.5 Å². The van der Waals surface area contributed by atoms with Crippen LogP contribution in [-0.2, 0) is 0 Å². The van der Waals surface area contributed by atoms with Crippen LogP contribution in [0.4, 0.5) is 43.9 Å². The molecule has 0 fully saturated rings.